The Bertz CT molecular complexity index is 5.51. The Hall–Kier alpha value is 2.20. The molecule has 0 aromatic carbocycles. The van der Waals surface area contributed by atoms with Crippen molar-refractivity contribution in [2.75, 3.05) is 0 Å². The van der Waals surface area contributed by atoms with Gasteiger partial charge in [0.15, 0.2) is 0 Å². The summed E-state index contributed by atoms with van der Waals surface area (Å²) in [4.78, 5) is 0. The van der Waals surface area contributed by atoms with Crippen molar-refractivity contribution in [1.29, 1.82) is 0 Å². The molecule has 0 aliphatic heterocycles. The molecule has 0 saturated heterocycles. The van der Waals surface area contributed by atoms with Gasteiger partial charge in [-0.05, 0) is 0 Å². The normalized spacial score (nSPS) is 1.00. The van der Waals surface area contributed by atoms with Crippen molar-refractivity contribution < 1.29 is 0 Å². The van der Waals surface area contributed by atoms with Crippen molar-refractivity contribution in [2.45, 2.75) is 0 Å². The zero-order chi connectivity index (χ0) is 2.00. The molecule has 0 unspecified atom stereocenters. The van der Waals surface area contributed by atoms with Gasteiger partial charge in [0.1, 0.15) is 0 Å². The number of halogens is 4. The van der Waals surface area contributed by atoms with Crippen LogP contribution < -0.4 is 0 Å². The Balaban J connectivity index is -0.000000000833. The molecule has 0 rings (SSSR count). The summed E-state index contributed by atoms with van der Waals surface area (Å²) in [6.45, 7) is 0. The van der Waals surface area contributed by atoms with Crippen LogP contribution in [-0.2, 0) is 0 Å². The van der Waals surface area contributed by atoms with Crippen LogP contribution in [0.2, 0.25) is 0 Å². The second kappa shape index (κ2) is 57.2. The first-order valence-electron chi connectivity index (χ1n) is 0.200. The summed E-state index contributed by atoms with van der Waals surface area (Å²) in [5.41, 5.74) is 0. The van der Waals surface area contributed by atoms with Crippen LogP contribution in [0.1, 0.15) is 0 Å². The summed E-state index contributed by atoms with van der Waals surface area (Å²) >= 11 is 4.50. The molecule has 0 atom stereocenters. The van der Waals surface area contributed by atoms with Crippen molar-refractivity contribution in [3.63, 3.8) is 0 Å². The van der Waals surface area contributed by atoms with Gasteiger partial charge in [-0.3, -0.25) is 0 Å². The molecule has 6 heteroatoms. The maximum absolute atomic E-state index is 2.25. The SMILES string of the molecule is Cl.Cl.Cl.Cl.[SeH][SeH]. The van der Waals surface area contributed by atoms with E-state index in [1.807, 2.05) is 0 Å². The van der Waals surface area contributed by atoms with Gasteiger partial charge < -0.3 is 0 Å². The van der Waals surface area contributed by atoms with Crippen LogP contribution in [0, 0.1) is 0 Å². The van der Waals surface area contributed by atoms with E-state index in [1.165, 1.54) is 0 Å². The quantitative estimate of drug-likeness (QED) is 0.568. The van der Waals surface area contributed by atoms with Gasteiger partial charge in [-0.2, -0.15) is 0 Å². The third-order valence-electron chi connectivity index (χ3n) is 0. The van der Waals surface area contributed by atoms with Crippen LogP contribution in [0.4, 0.5) is 0 Å². The Morgan fingerprint density at radius 3 is 0.500 bits per heavy atom. The van der Waals surface area contributed by atoms with Crippen LogP contribution in [0.5, 0.6) is 0 Å². The summed E-state index contributed by atoms with van der Waals surface area (Å²) in [5, 5.41) is 0. The molecule has 0 aliphatic rings. The summed E-state index contributed by atoms with van der Waals surface area (Å²) in [6, 6.07) is 0. The molecule has 0 saturated carbocycles. The molecular weight excluding hydrogens is 300 g/mol. The summed E-state index contributed by atoms with van der Waals surface area (Å²) in [5.74, 6) is 0. The molecule has 0 N–H and O–H groups in total. The van der Waals surface area contributed by atoms with Gasteiger partial charge in [-0.25, -0.2) is 0 Å². The first-order valence-corrected chi connectivity index (χ1v) is 5.40. The first-order chi connectivity index (χ1) is 1.00. The number of rotatable bonds is 0. The van der Waals surface area contributed by atoms with E-state index in [9.17, 15) is 0 Å². The Kier molecular flexibility index (Phi) is 396. The van der Waals surface area contributed by atoms with E-state index >= 15 is 0 Å². The Labute approximate surface area is 77.4 Å². The number of hydrogen-bond acceptors (Lipinski definition) is 0. The van der Waals surface area contributed by atoms with Crippen LogP contribution in [0.25, 0.3) is 0 Å². The van der Waals surface area contributed by atoms with Gasteiger partial charge in [0.05, 0.1) is 0 Å². The Morgan fingerprint density at radius 2 is 0.500 bits per heavy atom. The van der Waals surface area contributed by atoms with E-state index in [4.69, 9.17) is 0 Å². The fraction of sp³-hybridized carbons (Fsp3) is 0. The molecule has 0 aromatic heterocycles. The third kappa shape index (κ3) is 34.7. The average molecular weight is 306 g/mol. The van der Waals surface area contributed by atoms with Crippen molar-refractivity contribution in [2.24, 2.45) is 0 Å². The van der Waals surface area contributed by atoms with E-state index < -0.39 is 0 Å². The Morgan fingerprint density at radius 1 is 0.500 bits per heavy atom. The number of hydrogen-bond donors (Lipinski definition) is 0. The predicted octanol–water partition coefficient (Wildman–Crippen LogP) is 0.390. The second-order valence-corrected chi connectivity index (χ2v) is 0. The molecule has 0 bridgehead atoms. The van der Waals surface area contributed by atoms with Crippen molar-refractivity contribution in [3.05, 3.63) is 0 Å². The van der Waals surface area contributed by atoms with E-state index in [2.05, 4.69) is 28.4 Å². The van der Waals surface area contributed by atoms with Crippen molar-refractivity contribution >= 4 is 78.0 Å². The van der Waals surface area contributed by atoms with Gasteiger partial charge in [0.2, 0.25) is 0 Å². The molecule has 6 heavy (non-hydrogen) atoms. The molecule has 0 aliphatic carbocycles. The van der Waals surface area contributed by atoms with Crippen LogP contribution in [0.3, 0.4) is 0 Å². The van der Waals surface area contributed by atoms with Crippen molar-refractivity contribution in [1.82, 2.24) is 0 Å². The maximum atomic E-state index is 2.25. The first kappa shape index (κ1) is 41.5. The predicted molar refractivity (Wildman–Crippen MR) is 43.3 cm³/mol. The van der Waals surface area contributed by atoms with Crippen LogP contribution >= 0.6 is 49.6 Å². The summed E-state index contributed by atoms with van der Waals surface area (Å²) < 4.78 is 0. The molecule has 0 fully saturated rings. The van der Waals surface area contributed by atoms with Crippen LogP contribution in [-0.4, -0.2) is 28.4 Å². The minimum atomic E-state index is 0. The fourth-order valence-electron chi connectivity index (χ4n) is 0. The van der Waals surface area contributed by atoms with Gasteiger partial charge in [0, 0.05) is 0 Å². The molecule has 0 amide bonds. The molecule has 0 radical (unpaired) electrons. The molecule has 0 spiro atoms. The minimum absolute atomic E-state index is 0. The topological polar surface area (TPSA) is 0 Å². The van der Waals surface area contributed by atoms with Gasteiger partial charge >= 0.3 is 28.4 Å². The molecular formula is H6Cl4Se2. The van der Waals surface area contributed by atoms with Gasteiger partial charge in [-0.1, -0.05) is 0 Å². The van der Waals surface area contributed by atoms with Gasteiger partial charge in [0.25, 0.3) is 0 Å². The zero-order valence-electron chi connectivity index (χ0n) is 2.53. The van der Waals surface area contributed by atoms with Gasteiger partial charge in [-0.15, -0.1) is 49.6 Å². The van der Waals surface area contributed by atoms with E-state index in [1.54, 1.807) is 0 Å². The molecule has 0 nitrogen and oxygen atoms in total. The second-order valence-electron chi connectivity index (χ2n) is 0. The summed E-state index contributed by atoms with van der Waals surface area (Å²) in [7, 11) is 0. The fourth-order valence-corrected chi connectivity index (χ4v) is 0. The average Bonchev–Trinajstić information content (AvgIpc) is 1.00. The standard InChI is InChI=1S/4ClH.H2Se2/c;;;;1-2/h4*1H;1-2H. The summed E-state index contributed by atoms with van der Waals surface area (Å²) in [6.07, 6.45) is 0. The zero-order valence-corrected chi connectivity index (χ0v) is 9.55. The van der Waals surface area contributed by atoms with Crippen LogP contribution in [0.15, 0.2) is 0 Å². The van der Waals surface area contributed by atoms with E-state index in [0.29, 0.717) is 0 Å². The molecule has 0 heterocycles. The monoisotopic (exact) mass is 306 g/mol. The molecule has 46 valence electrons. The molecule has 0 aromatic rings. The third-order valence-corrected chi connectivity index (χ3v) is 0. The van der Waals surface area contributed by atoms with E-state index in [-0.39, 0.29) is 49.6 Å². The van der Waals surface area contributed by atoms with E-state index in [0.717, 1.165) is 0 Å². The van der Waals surface area contributed by atoms with Crippen molar-refractivity contribution in [3.8, 4) is 0 Å².